The van der Waals surface area contributed by atoms with Gasteiger partial charge in [0.25, 0.3) is 0 Å². The largest absolute Gasteiger partial charge is 0.494 e. The van der Waals surface area contributed by atoms with Crippen molar-refractivity contribution in [3.63, 3.8) is 0 Å². The van der Waals surface area contributed by atoms with E-state index in [0.29, 0.717) is 16.6 Å². The van der Waals surface area contributed by atoms with Gasteiger partial charge in [0.15, 0.2) is 0 Å². The minimum absolute atomic E-state index is 0.130. The van der Waals surface area contributed by atoms with Crippen molar-refractivity contribution in [1.82, 2.24) is 0 Å². The van der Waals surface area contributed by atoms with Crippen molar-refractivity contribution in [2.75, 3.05) is 0 Å². The normalized spacial score (nSPS) is 19.1. The summed E-state index contributed by atoms with van der Waals surface area (Å²) >= 11 is 0. The molecule has 0 aromatic heterocycles. The number of rotatable bonds is 4. The van der Waals surface area contributed by atoms with Crippen LogP contribution in [0, 0.1) is 19.3 Å². The van der Waals surface area contributed by atoms with Crippen LogP contribution in [0.5, 0.6) is 5.75 Å². The third-order valence-corrected chi connectivity index (χ3v) is 4.88. The lowest BCUT2D eigenvalue weighted by Gasteiger charge is -2.32. The molecule has 1 heterocycles. The fourth-order valence-electron chi connectivity index (χ4n) is 2.37. The summed E-state index contributed by atoms with van der Waals surface area (Å²) in [5, 5.41) is 0. The number of hydrogen-bond donors (Lipinski definition) is 0. The summed E-state index contributed by atoms with van der Waals surface area (Å²) in [5.41, 5.74) is 0.477. The molecular weight excluding hydrogens is 334 g/mol. The first-order valence-corrected chi connectivity index (χ1v) is 8.74. The van der Waals surface area contributed by atoms with Crippen LogP contribution in [-0.4, -0.2) is 26.7 Å². The van der Waals surface area contributed by atoms with Gasteiger partial charge in [0.2, 0.25) is 0 Å². The minimum atomic E-state index is -5.15. The van der Waals surface area contributed by atoms with E-state index in [1.54, 1.807) is 13.0 Å². The number of hydrogen-bond acceptors (Lipinski definition) is 5. The van der Waals surface area contributed by atoms with E-state index in [2.05, 4.69) is 10.1 Å². The molecule has 1 aromatic carbocycles. The Balaban J connectivity index is 2.50. The highest BCUT2D eigenvalue weighted by Crippen LogP contribution is 2.37. The molecule has 0 amide bonds. The summed E-state index contributed by atoms with van der Waals surface area (Å²) in [6, 6.07) is 3.16. The molecule has 0 atom stereocenters. The van der Waals surface area contributed by atoms with Crippen molar-refractivity contribution in [2.24, 2.45) is 0 Å². The van der Waals surface area contributed by atoms with E-state index in [9.17, 15) is 12.3 Å². The van der Waals surface area contributed by atoms with Crippen LogP contribution in [0.25, 0.3) is 0 Å². The topological polar surface area (TPSA) is 61.8 Å². The Morgan fingerprint density at radius 3 is 2.25 bits per heavy atom. The zero-order valence-corrected chi connectivity index (χ0v) is 15.2. The Bertz CT molecular complexity index is 779. The van der Waals surface area contributed by atoms with E-state index in [-0.39, 0.29) is 12.2 Å². The molecule has 130 valence electrons. The quantitative estimate of drug-likeness (QED) is 0.471. The Morgan fingerprint density at radius 1 is 1.25 bits per heavy atom. The molecule has 5 nitrogen and oxygen atoms in total. The first-order valence-electron chi connectivity index (χ1n) is 7.43. The van der Waals surface area contributed by atoms with Gasteiger partial charge in [0.05, 0.1) is 11.2 Å². The molecule has 0 N–H and O–H groups in total. The molecule has 0 aliphatic carbocycles. The van der Waals surface area contributed by atoms with Gasteiger partial charge >= 0.3 is 17.6 Å². The molecule has 8 heteroatoms. The van der Waals surface area contributed by atoms with Crippen LogP contribution in [0.4, 0.5) is 3.89 Å². The zero-order valence-electron chi connectivity index (χ0n) is 14.3. The van der Waals surface area contributed by atoms with E-state index in [1.807, 2.05) is 27.7 Å². The van der Waals surface area contributed by atoms with Crippen molar-refractivity contribution < 1.29 is 25.8 Å². The number of halogens is 1. The van der Waals surface area contributed by atoms with Crippen LogP contribution in [-0.2, 0) is 26.2 Å². The van der Waals surface area contributed by atoms with Gasteiger partial charge in [-0.25, -0.2) is 0 Å². The highest BCUT2D eigenvalue weighted by Gasteiger charge is 2.51. The number of benzene rings is 1. The zero-order chi connectivity index (χ0) is 18.3. The Hall–Kier alpha value is -1.56. The van der Waals surface area contributed by atoms with E-state index < -0.39 is 28.8 Å². The SMILES string of the molecule is C#CCc1cc(B2OC(C)(C)C(C)(C)O2)cc(OS(=O)(=O)F)c1C. The molecule has 0 spiro atoms. The maximum Gasteiger partial charge on any atom is 0.494 e. The molecule has 1 aliphatic heterocycles. The first-order chi connectivity index (χ1) is 10.9. The molecule has 0 unspecified atom stereocenters. The molecule has 1 saturated heterocycles. The summed E-state index contributed by atoms with van der Waals surface area (Å²) < 4.78 is 51.0. The molecule has 0 saturated carbocycles. The predicted octanol–water partition coefficient (Wildman–Crippen LogP) is 2.06. The van der Waals surface area contributed by atoms with Crippen LogP contribution in [0.1, 0.15) is 38.8 Å². The Labute approximate surface area is 143 Å². The second-order valence-electron chi connectivity index (χ2n) is 6.75. The lowest BCUT2D eigenvalue weighted by molar-refractivity contribution is 0.00578. The highest BCUT2D eigenvalue weighted by atomic mass is 32.3. The monoisotopic (exact) mass is 354 g/mol. The average molecular weight is 354 g/mol. The molecular formula is C16H20BFO5S. The molecule has 1 aliphatic rings. The molecule has 24 heavy (non-hydrogen) atoms. The Morgan fingerprint density at radius 2 is 1.79 bits per heavy atom. The maximum atomic E-state index is 13.0. The van der Waals surface area contributed by atoms with Crippen molar-refractivity contribution in [2.45, 2.75) is 52.2 Å². The summed E-state index contributed by atoms with van der Waals surface area (Å²) in [5.74, 6) is 2.36. The van der Waals surface area contributed by atoms with E-state index in [1.165, 1.54) is 6.07 Å². The third-order valence-electron chi connectivity index (χ3n) is 4.50. The van der Waals surface area contributed by atoms with Crippen LogP contribution in [0.15, 0.2) is 12.1 Å². The summed E-state index contributed by atoms with van der Waals surface area (Å²) in [4.78, 5) is 0. The molecule has 0 bridgehead atoms. The van der Waals surface area contributed by atoms with Crippen molar-refractivity contribution in [1.29, 1.82) is 0 Å². The summed E-state index contributed by atoms with van der Waals surface area (Å²) in [6.07, 6.45) is 5.59. The smallest absolute Gasteiger partial charge is 0.399 e. The van der Waals surface area contributed by atoms with Gasteiger partial charge < -0.3 is 13.5 Å². The van der Waals surface area contributed by atoms with E-state index >= 15 is 0 Å². The van der Waals surface area contributed by atoms with E-state index in [4.69, 9.17) is 15.7 Å². The molecule has 2 rings (SSSR count). The van der Waals surface area contributed by atoms with Crippen LogP contribution >= 0.6 is 0 Å². The highest BCUT2D eigenvalue weighted by molar-refractivity contribution is 7.81. The van der Waals surface area contributed by atoms with Crippen molar-refractivity contribution in [3.8, 4) is 18.1 Å². The maximum absolute atomic E-state index is 13.0. The lowest BCUT2D eigenvalue weighted by Crippen LogP contribution is -2.41. The molecule has 0 radical (unpaired) electrons. The van der Waals surface area contributed by atoms with Gasteiger partial charge in [0, 0.05) is 6.42 Å². The molecule has 1 fully saturated rings. The minimum Gasteiger partial charge on any atom is -0.399 e. The van der Waals surface area contributed by atoms with Crippen molar-refractivity contribution >= 4 is 23.1 Å². The van der Waals surface area contributed by atoms with Gasteiger partial charge in [0.1, 0.15) is 5.75 Å². The van der Waals surface area contributed by atoms with Crippen molar-refractivity contribution in [3.05, 3.63) is 23.3 Å². The Kier molecular flexibility index (Phi) is 4.75. The van der Waals surface area contributed by atoms with Gasteiger partial charge in [-0.2, -0.15) is 8.42 Å². The summed E-state index contributed by atoms with van der Waals surface area (Å²) in [6.45, 7) is 9.20. The summed E-state index contributed by atoms with van der Waals surface area (Å²) in [7, 11) is -5.89. The number of terminal acetylenes is 1. The average Bonchev–Trinajstić information content (AvgIpc) is 2.61. The fourth-order valence-corrected chi connectivity index (χ4v) is 2.76. The van der Waals surface area contributed by atoms with Gasteiger partial charge in [-0.3, -0.25) is 0 Å². The second-order valence-corrected chi connectivity index (χ2v) is 7.70. The van der Waals surface area contributed by atoms with Crippen LogP contribution in [0.2, 0.25) is 0 Å². The van der Waals surface area contributed by atoms with Crippen LogP contribution in [0.3, 0.4) is 0 Å². The molecule has 1 aromatic rings. The third kappa shape index (κ3) is 3.74. The van der Waals surface area contributed by atoms with Gasteiger partial charge in [-0.05, 0) is 57.3 Å². The van der Waals surface area contributed by atoms with Crippen LogP contribution < -0.4 is 9.65 Å². The first kappa shape index (κ1) is 18.8. The predicted molar refractivity (Wildman–Crippen MR) is 90.1 cm³/mol. The lowest BCUT2D eigenvalue weighted by atomic mass is 9.77. The fraction of sp³-hybridized carbons (Fsp3) is 0.500. The van der Waals surface area contributed by atoms with E-state index in [0.717, 1.165) is 0 Å². The van der Waals surface area contributed by atoms with Gasteiger partial charge in [-0.1, -0.05) is 9.95 Å². The standard InChI is InChI=1S/C16H20BFO5S/c1-7-8-12-9-13(10-14(11(12)2)21-24(18,19)20)17-22-15(3,4)16(5,6)23-17/h1,9-10H,8H2,2-6H3. The second kappa shape index (κ2) is 6.06. The van der Waals surface area contributed by atoms with Gasteiger partial charge in [-0.15, -0.1) is 12.3 Å².